The largest absolute Gasteiger partial charge is 0.480 e. The van der Waals surface area contributed by atoms with Gasteiger partial charge in [0, 0.05) is 26.2 Å². The average Bonchev–Trinajstić information content (AvgIpc) is 3.37. The van der Waals surface area contributed by atoms with Crippen LogP contribution < -0.4 is 9.47 Å². The molecule has 0 radical (unpaired) electrons. The van der Waals surface area contributed by atoms with Crippen molar-refractivity contribution in [2.24, 2.45) is 0 Å². The number of hydrogen-bond donors (Lipinski definition) is 0. The minimum absolute atomic E-state index is 0.0206. The van der Waals surface area contributed by atoms with Gasteiger partial charge in [0.1, 0.15) is 11.5 Å². The van der Waals surface area contributed by atoms with Crippen LogP contribution in [0.3, 0.4) is 0 Å². The van der Waals surface area contributed by atoms with Crippen molar-refractivity contribution in [2.75, 3.05) is 26.2 Å². The maximum absolute atomic E-state index is 12.5. The zero-order chi connectivity index (χ0) is 19.4. The molecule has 1 aromatic carbocycles. The lowest BCUT2D eigenvalue weighted by Crippen LogP contribution is -2.39. The number of likely N-dealkylation sites (tertiary alicyclic amines) is 2. The highest BCUT2D eigenvalue weighted by atomic mass is 127. The Kier molecular flexibility index (Phi) is 6.83. The highest BCUT2D eigenvalue weighted by molar-refractivity contribution is 14.1. The van der Waals surface area contributed by atoms with Crippen LogP contribution in [0.5, 0.6) is 11.5 Å². The number of halogens is 1. The molecule has 2 amide bonds. The second-order valence-corrected chi connectivity index (χ2v) is 8.23. The SMILES string of the molecule is C[C@@H](Oc1cccc(O[C@H](C)C(=O)N2CCCC2)c1I)C(=O)N1CCCC1. The predicted molar refractivity (Wildman–Crippen MR) is 111 cm³/mol. The van der Waals surface area contributed by atoms with Crippen molar-refractivity contribution in [1.29, 1.82) is 0 Å². The Labute approximate surface area is 174 Å². The Morgan fingerprint density at radius 2 is 1.22 bits per heavy atom. The van der Waals surface area contributed by atoms with Gasteiger partial charge >= 0.3 is 0 Å². The highest BCUT2D eigenvalue weighted by Crippen LogP contribution is 2.32. The van der Waals surface area contributed by atoms with Crippen molar-refractivity contribution in [1.82, 2.24) is 9.80 Å². The fraction of sp³-hybridized carbons (Fsp3) is 0.600. The lowest BCUT2D eigenvalue weighted by atomic mass is 10.3. The summed E-state index contributed by atoms with van der Waals surface area (Å²) in [5.74, 6) is 1.25. The van der Waals surface area contributed by atoms with E-state index in [1.54, 1.807) is 13.8 Å². The van der Waals surface area contributed by atoms with Crippen molar-refractivity contribution in [3.05, 3.63) is 21.8 Å². The quantitative estimate of drug-likeness (QED) is 0.581. The Balaban J connectivity index is 1.64. The van der Waals surface area contributed by atoms with E-state index < -0.39 is 12.2 Å². The molecule has 6 nitrogen and oxygen atoms in total. The molecule has 0 N–H and O–H groups in total. The van der Waals surface area contributed by atoms with Crippen LogP contribution in [-0.4, -0.2) is 60.0 Å². The summed E-state index contributed by atoms with van der Waals surface area (Å²) in [7, 11) is 0. The standard InChI is InChI=1S/C20H27IN2O4/c1-14(19(24)22-10-3-4-11-22)26-16-8-7-9-17(18(16)21)27-15(2)20(25)23-12-5-6-13-23/h7-9,14-15H,3-6,10-13H2,1-2H3/t14-,15-/m1/s1. The van der Waals surface area contributed by atoms with E-state index in [2.05, 4.69) is 22.6 Å². The van der Waals surface area contributed by atoms with E-state index in [1.165, 1.54) is 0 Å². The summed E-state index contributed by atoms with van der Waals surface area (Å²) < 4.78 is 12.6. The molecule has 2 atom stereocenters. The van der Waals surface area contributed by atoms with Crippen LogP contribution in [0.15, 0.2) is 18.2 Å². The number of hydrogen-bond acceptors (Lipinski definition) is 4. The molecule has 2 aliphatic rings. The predicted octanol–water partition coefficient (Wildman–Crippen LogP) is 3.07. The number of benzene rings is 1. The van der Waals surface area contributed by atoms with Crippen LogP contribution in [0.25, 0.3) is 0 Å². The monoisotopic (exact) mass is 486 g/mol. The number of rotatable bonds is 6. The molecule has 148 valence electrons. The molecule has 0 unspecified atom stereocenters. The third-order valence-electron chi connectivity index (χ3n) is 5.07. The van der Waals surface area contributed by atoms with Gasteiger partial charge in [-0.05, 0) is 74.3 Å². The Morgan fingerprint density at radius 3 is 1.59 bits per heavy atom. The van der Waals surface area contributed by atoms with Crippen LogP contribution in [0.2, 0.25) is 0 Å². The minimum Gasteiger partial charge on any atom is -0.480 e. The van der Waals surface area contributed by atoms with Crippen molar-refractivity contribution in [2.45, 2.75) is 51.7 Å². The third-order valence-corrected chi connectivity index (χ3v) is 6.13. The van der Waals surface area contributed by atoms with Gasteiger partial charge in [-0.3, -0.25) is 9.59 Å². The van der Waals surface area contributed by atoms with Crippen molar-refractivity contribution in [3.63, 3.8) is 0 Å². The van der Waals surface area contributed by atoms with Crippen molar-refractivity contribution >= 4 is 34.4 Å². The number of nitrogens with zero attached hydrogens (tertiary/aromatic N) is 2. The molecule has 1 aromatic rings. The molecule has 2 heterocycles. The molecule has 2 fully saturated rings. The number of carbonyl (C=O) groups excluding carboxylic acids is 2. The number of carbonyl (C=O) groups is 2. The lowest BCUT2D eigenvalue weighted by Gasteiger charge is -2.24. The van der Waals surface area contributed by atoms with Gasteiger partial charge in [-0.1, -0.05) is 6.07 Å². The molecule has 7 heteroatoms. The first-order valence-corrected chi connectivity index (χ1v) is 10.7. The molecule has 2 aliphatic heterocycles. The molecule has 0 aromatic heterocycles. The molecular weight excluding hydrogens is 459 g/mol. The first kappa shape index (κ1) is 20.2. The molecule has 0 aliphatic carbocycles. The summed E-state index contributed by atoms with van der Waals surface area (Å²) in [4.78, 5) is 28.7. The van der Waals surface area contributed by atoms with Crippen LogP contribution in [0, 0.1) is 3.57 Å². The molecule has 0 saturated carbocycles. The number of amides is 2. The molecule has 27 heavy (non-hydrogen) atoms. The van der Waals surface area contributed by atoms with Crippen LogP contribution in [-0.2, 0) is 9.59 Å². The second kappa shape index (κ2) is 9.12. The van der Waals surface area contributed by atoms with Crippen LogP contribution >= 0.6 is 22.6 Å². The fourth-order valence-corrected chi connectivity index (χ4v) is 4.16. The summed E-state index contributed by atoms with van der Waals surface area (Å²) in [6.45, 7) is 6.80. The zero-order valence-electron chi connectivity index (χ0n) is 15.9. The fourth-order valence-electron chi connectivity index (χ4n) is 3.54. The van der Waals surface area contributed by atoms with Gasteiger partial charge < -0.3 is 19.3 Å². The van der Waals surface area contributed by atoms with Crippen molar-refractivity contribution < 1.29 is 19.1 Å². The third kappa shape index (κ3) is 4.86. The molecular formula is C20H27IN2O4. The van der Waals surface area contributed by atoms with Crippen LogP contribution in [0.1, 0.15) is 39.5 Å². The van der Waals surface area contributed by atoms with Gasteiger partial charge in [0.15, 0.2) is 12.2 Å². The van der Waals surface area contributed by atoms with Gasteiger partial charge in [-0.2, -0.15) is 0 Å². The summed E-state index contributed by atoms with van der Waals surface area (Å²) in [6.07, 6.45) is 3.14. The van der Waals surface area contributed by atoms with Crippen LogP contribution in [0.4, 0.5) is 0 Å². The summed E-state index contributed by atoms with van der Waals surface area (Å²) in [5, 5.41) is 0. The molecule has 2 saturated heterocycles. The maximum Gasteiger partial charge on any atom is 0.263 e. The van der Waals surface area contributed by atoms with Gasteiger partial charge in [-0.25, -0.2) is 0 Å². The molecule has 0 spiro atoms. The van der Waals surface area contributed by atoms with Gasteiger partial charge in [-0.15, -0.1) is 0 Å². The summed E-state index contributed by atoms with van der Waals surface area (Å²) >= 11 is 2.15. The van der Waals surface area contributed by atoms with Crippen molar-refractivity contribution in [3.8, 4) is 11.5 Å². The summed E-state index contributed by atoms with van der Waals surface area (Å²) in [6, 6.07) is 5.48. The van der Waals surface area contributed by atoms with E-state index in [4.69, 9.17) is 9.47 Å². The Morgan fingerprint density at radius 1 is 0.852 bits per heavy atom. The maximum atomic E-state index is 12.5. The zero-order valence-corrected chi connectivity index (χ0v) is 18.1. The first-order valence-electron chi connectivity index (χ1n) is 9.67. The molecule has 0 bridgehead atoms. The Bertz CT molecular complexity index is 630. The van der Waals surface area contributed by atoms with E-state index >= 15 is 0 Å². The van der Waals surface area contributed by atoms with Gasteiger partial charge in [0.25, 0.3) is 11.8 Å². The Hall–Kier alpha value is -1.51. The second-order valence-electron chi connectivity index (χ2n) is 7.15. The topological polar surface area (TPSA) is 59.1 Å². The molecule has 3 rings (SSSR count). The van der Waals surface area contributed by atoms with E-state index in [0.717, 1.165) is 55.4 Å². The van der Waals surface area contributed by atoms with E-state index in [9.17, 15) is 9.59 Å². The van der Waals surface area contributed by atoms with E-state index in [1.807, 2.05) is 28.0 Å². The average molecular weight is 486 g/mol. The normalized spacial score (nSPS) is 19.1. The van der Waals surface area contributed by atoms with Gasteiger partial charge in [0.05, 0.1) is 3.57 Å². The van der Waals surface area contributed by atoms with Gasteiger partial charge in [0.2, 0.25) is 0 Å². The smallest absolute Gasteiger partial charge is 0.263 e. The highest BCUT2D eigenvalue weighted by Gasteiger charge is 2.27. The number of ether oxygens (including phenoxy) is 2. The van der Waals surface area contributed by atoms with E-state index in [-0.39, 0.29) is 11.8 Å². The lowest BCUT2D eigenvalue weighted by molar-refractivity contribution is -0.137. The minimum atomic E-state index is -0.546. The van der Waals surface area contributed by atoms with E-state index in [0.29, 0.717) is 11.5 Å². The first-order chi connectivity index (χ1) is 13.0. The summed E-state index contributed by atoms with van der Waals surface area (Å²) in [5.41, 5.74) is 0.